The van der Waals surface area contributed by atoms with Crippen LogP contribution >= 0.6 is 0 Å². The van der Waals surface area contributed by atoms with Crippen molar-refractivity contribution in [3.63, 3.8) is 0 Å². The molecule has 0 saturated heterocycles. The van der Waals surface area contributed by atoms with Gasteiger partial charge in [0, 0.05) is 18.5 Å². The standard InChI is InChI=1S/C40H61N3O7/c1-11-13-14-15-19-25-43(36(46)32(27(3)12-2)42-38(48)50-40(8,9)10)33(30-24-20-21-28(4)34(30)44)35(45)41-31(37(47)49-39(5,6)7)26-29-22-17-16-18-23-29/h16-18,20-24,27,31-33,44H,11-15,19,25-26H2,1-10H3,(H,41,45)(H,42,48). The molecule has 0 heterocycles. The van der Waals surface area contributed by atoms with E-state index in [-0.39, 0.29) is 30.2 Å². The fourth-order valence-electron chi connectivity index (χ4n) is 5.57. The minimum atomic E-state index is -1.33. The summed E-state index contributed by atoms with van der Waals surface area (Å²) < 4.78 is 11.3. The number of hydrogen-bond donors (Lipinski definition) is 3. The number of para-hydroxylation sites is 1. The summed E-state index contributed by atoms with van der Waals surface area (Å²) in [4.78, 5) is 57.6. The van der Waals surface area contributed by atoms with Gasteiger partial charge in [-0.1, -0.05) is 101 Å². The normalized spacial score (nSPS) is 14.1. The minimum Gasteiger partial charge on any atom is -0.507 e. The van der Waals surface area contributed by atoms with Crippen molar-refractivity contribution in [2.75, 3.05) is 6.54 Å². The van der Waals surface area contributed by atoms with E-state index in [9.17, 15) is 24.3 Å². The van der Waals surface area contributed by atoms with Crippen molar-refractivity contribution >= 4 is 23.9 Å². The Morgan fingerprint density at radius 2 is 1.44 bits per heavy atom. The fourth-order valence-corrected chi connectivity index (χ4v) is 5.57. The van der Waals surface area contributed by atoms with Crippen molar-refractivity contribution in [3.8, 4) is 5.75 Å². The van der Waals surface area contributed by atoms with Gasteiger partial charge in [0.25, 0.3) is 0 Å². The molecule has 0 spiro atoms. The van der Waals surface area contributed by atoms with E-state index in [1.807, 2.05) is 44.2 Å². The Bertz CT molecular complexity index is 1400. The monoisotopic (exact) mass is 695 g/mol. The maximum Gasteiger partial charge on any atom is 0.408 e. The lowest BCUT2D eigenvalue weighted by Crippen LogP contribution is -2.56. The van der Waals surface area contributed by atoms with Gasteiger partial charge < -0.3 is 30.1 Å². The van der Waals surface area contributed by atoms with Crippen LogP contribution in [0.15, 0.2) is 48.5 Å². The molecule has 50 heavy (non-hydrogen) atoms. The number of amides is 3. The second kappa shape index (κ2) is 19.3. The Morgan fingerprint density at radius 1 is 0.820 bits per heavy atom. The largest absolute Gasteiger partial charge is 0.507 e. The Kier molecular flexibility index (Phi) is 16.3. The lowest BCUT2D eigenvalue weighted by molar-refractivity contribution is -0.159. The van der Waals surface area contributed by atoms with E-state index in [0.717, 1.165) is 31.2 Å². The molecule has 0 aliphatic rings. The highest BCUT2D eigenvalue weighted by atomic mass is 16.6. The predicted octanol–water partition coefficient (Wildman–Crippen LogP) is 7.55. The van der Waals surface area contributed by atoms with Crippen molar-refractivity contribution < 1.29 is 33.8 Å². The van der Waals surface area contributed by atoms with Crippen LogP contribution in [0, 0.1) is 12.8 Å². The van der Waals surface area contributed by atoms with Gasteiger partial charge in [-0.15, -0.1) is 0 Å². The van der Waals surface area contributed by atoms with E-state index in [1.54, 1.807) is 66.7 Å². The predicted molar refractivity (Wildman–Crippen MR) is 197 cm³/mol. The van der Waals surface area contributed by atoms with Crippen LogP contribution in [-0.4, -0.2) is 63.7 Å². The number of rotatable bonds is 17. The Balaban J connectivity index is 2.71. The Morgan fingerprint density at radius 3 is 2.02 bits per heavy atom. The summed E-state index contributed by atoms with van der Waals surface area (Å²) in [5.41, 5.74) is -0.0679. The number of hydrogen-bond acceptors (Lipinski definition) is 7. The van der Waals surface area contributed by atoms with Crippen molar-refractivity contribution in [1.29, 1.82) is 0 Å². The van der Waals surface area contributed by atoms with Gasteiger partial charge in [-0.25, -0.2) is 9.59 Å². The first-order chi connectivity index (χ1) is 23.4. The SMILES string of the molecule is CCCCCCCN(C(=O)C(NC(=O)OC(C)(C)C)C(C)CC)C(C(=O)NC(Cc1ccccc1)C(=O)OC(C)(C)C)c1cccc(C)c1O. The molecular weight excluding hydrogens is 634 g/mol. The number of aromatic hydroxyl groups is 1. The molecule has 0 saturated carbocycles. The molecule has 4 atom stereocenters. The molecule has 4 unspecified atom stereocenters. The van der Waals surface area contributed by atoms with Gasteiger partial charge in [-0.05, 0) is 71.9 Å². The zero-order chi connectivity index (χ0) is 37.6. The first-order valence-corrected chi connectivity index (χ1v) is 18.0. The number of benzene rings is 2. The average Bonchev–Trinajstić information content (AvgIpc) is 3.02. The second-order valence-electron chi connectivity index (χ2n) is 15.2. The van der Waals surface area contributed by atoms with Gasteiger partial charge in [0.1, 0.15) is 35.1 Å². The molecule has 0 radical (unpaired) electrons. The van der Waals surface area contributed by atoms with E-state index in [0.29, 0.717) is 18.4 Å². The summed E-state index contributed by atoms with van der Waals surface area (Å²) in [6.07, 6.45) is 4.38. The quantitative estimate of drug-likeness (QED) is 0.115. The maximum atomic E-state index is 14.8. The molecule has 2 rings (SSSR count). The lowest BCUT2D eigenvalue weighted by atomic mass is 9.94. The van der Waals surface area contributed by atoms with Gasteiger partial charge in [0.15, 0.2) is 0 Å². The third-order valence-corrected chi connectivity index (χ3v) is 8.35. The van der Waals surface area contributed by atoms with Crippen LogP contribution in [0.1, 0.15) is 124 Å². The molecule has 2 aromatic rings. The van der Waals surface area contributed by atoms with Crippen LogP contribution in [0.3, 0.4) is 0 Å². The smallest absolute Gasteiger partial charge is 0.408 e. The summed E-state index contributed by atoms with van der Waals surface area (Å²) in [6.45, 7) is 18.3. The molecule has 3 N–H and O–H groups in total. The topological polar surface area (TPSA) is 134 Å². The molecule has 0 bridgehead atoms. The zero-order valence-corrected chi connectivity index (χ0v) is 31.9. The van der Waals surface area contributed by atoms with E-state index in [4.69, 9.17) is 9.47 Å². The third-order valence-electron chi connectivity index (χ3n) is 8.35. The van der Waals surface area contributed by atoms with Crippen LogP contribution in [0.4, 0.5) is 4.79 Å². The molecule has 2 aromatic carbocycles. The van der Waals surface area contributed by atoms with Crippen molar-refractivity contribution in [1.82, 2.24) is 15.5 Å². The van der Waals surface area contributed by atoms with Gasteiger partial charge in [0.2, 0.25) is 11.8 Å². The number of aryl methyl sites for hydroxylation is 1. The van der Waals surface area contributed by atoms with Gasteiger partial charge in [-0.3, -0.25) is 9.59 Å². The molecule has 0 fully saturated rings. The Hall–Kier alpha value is -4.08. The summed E-state index contributed by atoms with van der Waals surface area (Å²) in [5, 5.41) is 17.1. The van der Waals surface area contributed by atoms with Gasteiger partial charge >= 0.3 is 12.1 Å². The summed E-state index contributed by atoms with van der Waals surface area (Å²) >= 11 is 0. The van der Waals surface area contributed by atoms with Crippen LogP contribution in [0.2, 0.25) is 0 Å². The number of unbranched alkanes of at least 4 members (excludes halogenated alkanes) is 4. The number of phenols is 1. The Labute approximate surface area is 299 Å². The number of carbonyl (C=O) groups excluding carboxylic acids is 4. The molecule has 0 aliphatic carbocycles. The second-order valence-corrected chi connectivity index (χ2v) is 15.2. The number of ether oxygens (including phenoxy) is 2. The third kappa shape index (κ3) is 13.7. The van der Waals surface area contributed by atoms with Gasteiger partial charge in [-0.2, -0.15) is 0 Å². The van der Waals surface area contributed by atoms with Crippen LogP contribution in [0.5, 0.6) is 5.75 Å². The molecule has 10 heteroatoms. The molecule has 10 nitrogen and oxygen atoms in total. The summed E-state index contributed by atoms with van der Waals surface area (Å²) in [5.74, 6) is -2.21. The van der Waals surface area contributed by atoms with E-state index in [1.165, 1.54) is 4.90 Å². The number of alkyl carbamates (subject to hydrolysis) is 1. The van der Waals surface area contributed by atoms with Crippen LogP contribution in [0.25, 0.3) is 0 Å². The number of nitrogens with one attached hydrogen (secondary N) is 2. The van der Waals surface area contributed by atoms with E-state index >= 15 is 0 Å². The molecular formula is C40H61N3O7. The maximum absolute atomic E-state index is 14.8. The highest BCUT2D eigenvalue weighted by Crippen LogP contribution is 2.33. The number of esters is 1. The molecule has 0 aromatic heterocycles. The number of nitrogens with zero attached hydrogens (tertiary/aromatic N) is 1. The zero-order valence-electron chi connectivity index (χ0n) is 31.9. The van der Waals surface area contributed by atoms with Crippen LogP contribution in [-0.2, 0) is 30.3 Å². The van der Waals surface area contributed by atoms with E-state index in [2.05, 4.69) is 17.6 Å². The first kappa shape index (κ1) is 42.1. The van der Waals surface area contributed by atoms with Crippen molar-refractivity contribution in [2.45, 2.75) is 144 Å². The van der Waals surface area contributed by atoms with Gasteiger partial charge in [0.05, 0.1) is 0 Å². The molecule has 278 valence electrons. The van der Waals surface area contributed by atoms with Crippen LogP contribution < -0.4 is 10.6 Å². The summed E-state index contributed by atoms with van der Waals surface area (Å²) in [6, 6.07) is 10.9. The highest BCUT2D eigenvalue weighted by Gasteiger charge is 2.40. The number of phenolic OH excluding ortho intramolecular Hbond substituents is 1. The van der Waals surface area contributed by atoms with Crippen molar-refractivity contribution in [3.05, 3.63) is 65.2 Å². The van der Waals surface area contributed by atoms with E-state index < -0.39 is 53.2 Å². The average molecular weight is 696 g/mol. The minimum absolute atomic E-state index is 0.131. The molecule has 0 aliphatic heterocycles. The van der Waals surface area contributed by atoms with Crippen molar-refractivity contribution in [2.24, 2.45) is 5.92 Å². The lowest BCUT2D eigenvalue weighted by Gasteiger charge is -2.37. The highest BCUT2D eigenvalue weighted by molar-refractivity contribution is 5.94. The number of carbonyl (C=O) groups is 4. The summed E-state index contributed by atoms with van der Waals surface area (Å²) in [7, 11) is 0. The molecule has 3 amide bonds. The first-order valence-electron chi connectivity index (χ1n) is 18.0. The fraction of sp³-hybridized carbons (Fsp3) is 0.600.